The van der Waals surface area contributed by atoms with E-state index in [1.165, 1.54) is 0 Å². The Hall–Kier alpha value is -4.05. The van der Waals surface area contributed by atoms with Crippen molar-refractivity contribution in [2.75, 3.05) is 32.7 Å². The largest absolute Gasteiger partial charge is 0.494 e. The van der Waals surface area contributed by atoms with Crippen LogP contribution >= 0.6 is 0 Å². The average molecular weight is 618 g/mol. The Kier molecular flexibility index (Phi) is 8.77. The van der Waals surface area contributed by atoms with Crippen molar-refractivity contribution < 1.29 is 33.3 Å². The lowest BCUT2D eigenvalue weighted by atomic mass is 9.74. The smallest absolute Gasteiger partial charge is 0.246 e. The van der Waals surface area contributed by atoms with Crippen molar-refractivity contribution in [2.45, 2.75) is 69.7 Å². The third-order valence-electron chi connectivity index (χ3n) is 9.89. The number of ether oxygens (including phenoxy) is 4. The molecule has 0 radical (unpaired) electrons. The number of fused-ring (bicyclic) bond motifs is 1. The lowest BCUT2D eigenvalue weighted by Crippen LogP contribution is -2.57. The quantitative estimate of drug-likeness (QED) is 0.365. The normalized spacial score (nSPS) is 29.8. The van der Waals surface area contributed by atoms with Crippen LogP contribution < -0.4 is 24.8 Å². The molecule has 2 saturated heterocycles. The van der Waals surface area contributed by atoms with Crippen molar-refractivity contribution in [2.24, 2.45) is 17.8 Å². The minimum Gasteiger partial charge on any atom is -0.494 e. The Bertz CT molecular complexity index is 1460. The van der Waals surface area contributed by atoms with Crippen LogP contribution in [0.2, 0.25) is 0 Å². The number of carbonyl (C=O) groups excluding carboxylic acids is 3. The van der Waals surface area contributed by atoms with E-state index < -0.39 is 29.6 Å². The van der Waals surface area contributed by atoms with E-state index in [4.69, 9.17) is 18.9 Å². The van der Waals surface area contributed by atoms with Crippen LogP contribution in [0.4, 0.5) is 5.69 Å². The molecular formula is C35H43N3O7. The maximum atomic E-state index is 14.4. The molecule has 4 aliphatic rings. The highest BCUT2D eigenvalue weighted by Crippen LogP contribution is 2.55. The van der Waals surface area contributed by atoms with E-state index in [1.807, 2.05) is 37.3 Å². The van der Waals surface area contributed by atoms with E-state index in [9.17, 15) is 14.4 Å². The van der Waals surface area contributed by atoms with Crippen molar-refractivity contribution in [3.05, 3.63) is 60.2 Å². The topological polar surface area (TPSA) is 115 Å². The number of rotatable bonds is 11. The van der Waals surface area contributed by atoms with Gasteiger partial charge in [-0.1, -0.05) is 38.0 Å². The highest BCUT2D eigenvalue weighted by atomic mass is 16.5. The molecule has 1 spiro atoms. The summed E-state index contributed by atoms with van der Waals surface area (Å²) in [5.41, 5.74) is 0.309. The van der Waals surface area contributed by atoms with E-state index in [-0.39, 0.29) is 30.3 Å². The van der Waals surface area contributed by atoms with E-state index in [2.05, 4.69) is 17.6 Å². The van der Waals surface area contributed by atoms with Gasteiger partial charge in [0.2, 0.25) is 17.7 Å². The van der Waals surface area contributed by atoms with Gasteiger partial charge in [0.25, 0.3) is 0 Å². The van der Waals surface area contributed by atoms with Crippen molar-refractivity contribution in [3.8, 4) is 17.2 Å². The molecule has 6 rings (SSSR count). The van der Waals surface area contributed by atoms with Gasteiger partial charge in [-0.2, -0.15) is 0 Å². The fourth-order valence-electron chi connectivity index (χ4n) is 7.61. The Labute approximate surface area is 264 Å². The van der Waals surface area contributed by atoms with Crippen molar-refractivity contribution in [1.29, 1.82) is 0 Å². The zero-order chi connectivity index (χ0) is 31.7. The summed E-state index contributed by atoms with van der Waals surface area (Å²) < 4.78 is 22.9. The lowest BCUT2D eigenvalue weighted by molar-refractivity contribution is -0.141. The molecule has 3 heterocycles. The molecule has 0 aromatic heterocycles. The fourth-order valence-corrected chi connectivity index (χ4v) is 7.61. The van der Waals surface area contributed by atoms with Gasteiger partial charge in [-0.15, -0.1) is 0 Å². The lowest BCUT2D eigenvalue weighted by Gasteiger charge is -2.36. The second kappa shape index (κ2) is 12.7. The summed E-state index contributed by atoms with van der Waals surface area (Å²) in [6, 6.07) is 11.9. The molecule has 240 valence electrons. The van der Waals surface area contributed by atoms with Crippen molar-refractivity contribution in [3.63, 3.8) is 0 Å². The molecule has 1 aliphatic carbocycles. The van der Waals surface area contributed by atoms with Crippen LogP contribution in [0, 0.1) is 17.8 Å². The van der Waals surface area contributed by atoms with Gasteiger partial charge in [-0.05, 0) is 74.1 Å². The molecule has 10 heteroatoms. The number of amides is 3. The third-order valence-corrected chi connectivity index (χ3v) is 9.89. The molecule has 2 aromatic carbocycles. The fraction of sp³-hybridized carbons (Fsp3) is 0.514. The summed E-state index contributed by atoms with van der Waals surface area (Å²) in [7, 11) is 3.16. The number of hydrogen-bond donors (Lipinski definition) is 2. The van der Waals surface area contributed by atoms with E-state index in [1.54, 1.807) is 43.4 Å². The molecule has 2 bridgehead atoms. The number of nitrogens with zero attached hydrogens (tertiary/aromatic N) is 1. The van der Waals surface area contributed by atoms with Gasteiger partial charge in [0.15, 0.2) is 11.5 Å². The molecular weight excluding hydrogens is 574 g/mol. The number of methoxy groups -OCH3 is 2. The molecule has 10 nitrogen and oxygen atoms in total. The number of hydrogen-bond acceptors (Lipinski definition) is 7. The number of benzene rings is 2. The van der Waals surface area contributed by atoms with E-state index in [0.29, 0.717) is 41.9 Å². The predicted molar refractivity (Wildman–Crippen MR) is 168 cm³/mol. The molecule has 3 amide bonds. The average Bonchev–Trinajstić information content (AvgIpc) is 3.69. The first-order valence-corrected chi connectivity index (χ1v) is 16.0. The molecule has 2 N–H and O–H groups in total. The Morgan fingerprint density at radius 1 is 1.02 bits per heavy atom. The van der Waals surface area contributed by atoms with Gasteiger partial charge in [0.05, 0.1) is 38.8 Å². The molecule has 0 unspecified atom stereocenters. The van der Waals surface area contributed by atoms with Crippen LogP contribution in [-0.2, 0) is 25.5 Å². The monoisotopic (exact) mass is 617 g/mol. The third kappa shape index (κ3) is 5.65. The maximum Gasteiger partial charge on any atom is 0.246 e. The SMILES string of the molecule is CCOc1ccc(NC(=O)[C@H]2[C@H]3C=C[C@@]4(O3)[C@H]2C(=O)N(CCc2ccc(OC)c(OC)c2)[C@@H]4C(=O)N[C@@H]2CCCC[C@@H]2C)cc1. The standard InChI is InChI=1S/C35H43N3O7/c1-5-44-24-13-11-23(12-14-24)36-32(39)29-27-16-18-35(45-27)30(29)34(41)38(19-17-22-10-15-26(42-3)28(20-22)43-4)31(35)33(40)37-25-9-7-6-8-21(25)2/h10-16,18,20-21,25,27,29-31H,5-9,17,19H2,1-4H3,(H,36,39)(H,37,40)/t21-,25+,27+,29-,30+,31+,35+/m0/s1. The van der Waals surface area contributed by atoms with Crippen LogP contribution in [-0.4, -0.2) is 73.8 Å². The molecule has 2 aromatic rings. The van der Waals surface area contributed by atoms with Crippen molar-refractivity contribution in [1.82, 2.24) is 10.2 Å². The number of nitrogens with one attached hydrogen (secondary N) is 2. The predicted octanol–water partition coefficient (Wildman–Crippen LogP) is 4.13. The van der Waals surface area contributed by atoms with E-state index in [0.717, 1.165) is 31.2 Å². The van der Waals surface area contributed by atoms with Gasteiger partial charge in [0.1, 0.15) is 17.4 Å². The summed E-state index contributed by atoms with van der Waals surface area (Å²) in [6.45, 7) is 4.90. The molecule has 7 atom stereocenters. The molecule has 1 saturated carbocycles. The summed E-state index contributed by atoms with van der Waals surface area (Å²) in [4.78, 5) is 44.0. The Morgan fingerprint density at radius 2 is 1.78 bits per heavy atom. The second-order valence-corrected chi connectivity index (χ2v) is 12.5. The summed E-state index contributed by atoms with van der Waals surface area (Å²) >= 11 is 0. The number of likely N-dealkylation sites (tertiary alicyclic amines) is 1. The highest BCUT2D eigenvalue weighted by Gasteiger charge is 2.72. The number of carbonyl (C=O) groups is 3. The molecule has 3 aliphatic heterocycles. The second-order valence-electron chi connectivity index (χ2n) is 12.5. The van der Waals surface area contributed by atoms with Gasteiger partial charge >= 0.3 is 0 Å². The summed E-state index contributed by atoms with van der Waals surface area (Å²) in [5.74, 6) is -0.117. The van der Waals surface area contributed by atoms with Gasteiger partial charge in [-0.25, -0.2) is 0 Å². The van der Waals surface area contributed by atoms with Crippen LogP contribution in [0.25, 0.3) is 0 Å². The zero-order valence-electron chi connectivity index (χ0n) is 26.4. The minimum absolute atomic E-state index is 0.0332. The number of anilines is 1. The first kappa shape index (κ1) is 31.0. The van der Waals surface area contributed by atoms with E-state index >= 15 is 0 Å². The van der Waals surface area contributed by atoms with Crippen molar-refractivity contribution >= 4 is 23.4 Å². The minimum atomic E-state index is -1.22. The highest BCUT2D eigenvalue weighted by molar-refractivity contribution is 6.02. The zero-order valence-corrected chi connectivity index (χ0v) is 26.4. The maximum absolute atomic E-state index is 14.4. The first-order chi connectivity index (χ1) is 21.8. The molecule has 45 heavy (non-hydrogen) atoms. The molecule has 3 fully saturated rings. The van der Waals surface area contributed by atoms with Crippen LogP contribution in [0.15, 0.2) is 54.6 Å². The van der Waals surface area contributed by atoms with Crippen LogP contribution in [0.5, 0.6) is 17.2 Å². The summed E-state index contributed by atoms with van der Waals surface area (Å²) in [6.07, 6.45) is 7.74. The summed E-state index contributed by atoms with van der Waals surface area (Å²) in [5, 5.41) is 6.26. The van der Waals surface area contributed by atoms with Gasteiger partial charge in [-0.3, -0.25) is 14.4 Å². The van der Waals surface area contributed by atoms with Crippen LogP contribution in [0.1, 0.15) is 45.1 Å². The van der Waals surface area contributed by atoms with Gasteiger partial charge in [0, 0.05) is 18.3 Å². The van der Waals surface area contributed by atoms with Crippen LogP contribution in [0.3, 0.4) is 0 Å². The first-order valence-electron chi connectivity index (χ1n) is 16.0. The Morgan fingerprint density at radius 3 is 2.49 bits per heavy atom. The Balaban J connectivity index is 1.27. The van der Waals surface area contributed by atoms with Gasteiger partial charge < -0.3 is 34.5 Å².